The Kier molecular flexibility index (Phi) is 6.03. The van der Waals surface area contributed by atoms with Gasteiger partial charge in [-0.3, -0.25) is 9.69 Å². The number of hydrogen-bond acceptors (Lipinski definition) is 7. The summed E-state index contributed by atoms with van der Waals surface area (Å²) >= 11 is 0. The normalized spacial score (nSPS) is 16.1. The summed E-state index contributed by atoms with van der Waals surface area (Å²) < 4.78 is 5.67. The van der Waals surface area contributed by atoms with Crippen molar-refractivity contribution < 1.29 is 9.53 Å². The molecular weight excluding hydrogens is 380 g/mol. The lowest BCUT2D eigenvalue weighted by Crippen LogP contribution is -2.39. The number of amides is 1. The number of ether oxygens (including phenoxy) is 1. The van der Waals surface area contributed by atoms with Crippen molar-refractivity contribution in [2.24, 2.45) is 0 Å². The molecule has 2 aliphatic heterocycles. The maximum absolute atomic E-state index is 12.3. The summed E-state index contributed by atoms with van der Waals surface area (Å²) in [5, 5.41) is 2.81. The summed E-state index contributed by atoms with van der Waals surface area (Å²) in [4.78, 5) is 25.4. The Morgan fingerprint density at radius 1 is 1.20 bits per heavy atom. The third-order valence-corrected chi connectivity index (χ3v) is 5.71. The predicted molar refractivity (Wildman–Crippen MR) is 118 cm³/mol. The first-order valence-electron chi connectivity index (χ1n) is 10.8. The van der Waals surface area contributed by atoms with Gasteiger partial charge < -0.3 is 20.7 Å². The Balaban J connectivity index is 1.59. The molecule has 160 valence electrons. The van der Waals surface area contributed by atoms with Crippen LogP contribution in [-0.4, -0.2) is 47.0 Å². The number of nitrogens with two attached hydrogens (primary N) is 1. The maximum Gasteiger partial charge on any atom is 0.320 e. The highest BCUT2D eigenvalue weighted by molar-refractivity contribution is 6.03. The molecule has 1 aromatic heterocycles. The monoisotopic (exact) mass is 410 g/mol. The lowest BCUT2D eigenvalue weighted by molar-refractivity contribution is -0.115. The topological polar surface area (TPSA) is 96.6 Å². The van der Waals surface area contributed by atoms with Crippen molar-refractivity contribution in [1.82, 2.24) is 14.9 Å². The van der Waals surface area contributed by atoms with Gasteiger partial charge in [-0.2, -0.15) is 9.97 Å². The van der Waals surface area contributed by atoms with Gasteiger partial charge in [-0.15, -0.1) is 0 Å². The first-order valence-corrected chi connectivity index (χ1v) is 10.8. The zero-order chi connectivity index (χ0) is 21.1. The Bertz CT molecular complexity index is 932. The third kappa shape index (κ3) is 4.33. The van der Waals surface area contributed by atoms with Gasteiger partial charge in [0.1, 0.15) is 5.69 Å². The van der Waals surface area contributed by atoms with E-state index in [2.05, 4.69) is 52.2 Å². The number of nitrogens with one attached hydrogen (secondary N) is 1. The molecule has 8 nitrogen and oxygen atoms in total. The summed E-state index contributed by atoms with van der Waals surface area (Å²) in [5.74, 6) is 0.725. The quantitative estimate of drug-likeness (QED) is 0.677. The standard InChI is InChI=1S/C22H30N6O2/c1-3-5-10-30-22-25-20(23)19-21(26-22)28(14-18(29)24-19)12-15-6-7-16-8-9-27(4-2)13-17(16)11-15/h6-7,11H,3-5,8-10,12-14H2,1-2H3,(H,24,29)(H2,23,25,26). The van der Waals surface area contributed by atoms with Crippen molar-refractivity contribution in [3.8, 4) is 6.01 Å². The van der Waals surface area contributed by atoms with Gasteiger partial charge in [-0.25, -0.2) is 0 Å². The number of hydrogen-bond donors (Lipinski definition) is 2. The van der Waals surface area contributed by atoms with Crippen LogP contribution in [0.1, 0.15) is 43.4 Å². The number of nitrogens with zero attached hydrogens (tertiary/aromatic N) is 4. The predicted octanol–water partition coefficient (Wildman–Crippen LogP) is 2.57. The molecule has 0 bridgehead atoms. The van der Waals surface area contributed by atoms with Crippen LogP contribution in [0.3, 0.4) is 0 Å². The van der Waals surface area contributed by atoms with Crippen LogP contribution < -0.4 is 20.7 Å². The Morgan fingerprint density at radius 3 is 2.87 bits per heavy atom. The SMILES string of the molecule is CCCCOc1nc(N)c2c(n1)N(Cc1ccc3c(c1)CN(CC)CC3)CC(=O)N2. The van der Waals surface area contributed by atoms with Crippen LogP contribution >= 0.6 is 0 Å². The van der Waals surface area contributed by atoms with E-state index in [4.69, 9.17) is 10.5 Å². The van der Waals surface area contributed by atoms with Gasteiger partial charge in [-0.1, -0.05) is 38.5 Å². The number of nitrogen functional groups attached to an aromatic ring is 1. The molecule has 2 aliphatic rings. The molecule has 0 atom stereocenters. The molecule has 2 aromatic rings. The van der Waals surface area contributed by atoms with Crippen molar-refractivity contribution in [2.75, 3.05) is 42.2 Å². The maximum atomic E-state index is 12.3. The third-order valence-electron chi connectivity index (χ3n) is 5.71. The fourth-order valence-corrected chi connectivity index (χ4v) is 3.98. The molecule has 30 heavy (non-hydrogen) atoms. The largest absolute Gasteiger partial charge is 0.463 e. The van der Waals surface area contributed by atoms with Crippen LogP contribution in [0.25, 0.3) is 0 Å². The van der Waals surface area contributed by atoms with Crippen LogP contribution in [0.5, 0.6) is 6.01 Å². The molecule has 0 fully saturated rings. The molecule has 3 heterocycles. The molecule has 1 aromatic carbocycles. The number of likely N-dealkylation sites (N-methyl/N-ethyl adjacent to an activating group) is 1. The molecule has 0 spiro atoms. The van der Waals surface area contributed by atoms with Gasteiger partial charge in [-0.05, 0) is 36.1 Å². The smallest absolute Gasteiger partial charge is 0.320 e. The van der Waals surface area contributed by atoms with Gasteiger partial charge in [0, 0.05) is 19.6 Å². The van der Waals surface area contributed by atoms with Gasteiger partial charge in [0.15, 0.2) is 11.6 Å². The minimum Gasteiger partial charge on any atom is -0.463 e. The number of rotatable bonds is 7. The lowest BCUT2D eigenvalue weighted by Gasteiger charge is -2.31. The molecule has 0 saturated heterocycles. The number of fused-ring (bicyclic) bond motifs is 2. The van der Waals surface area contributed by atoms with Crippen molar-refractivity contribution in [3.05, 3.63) is 34.9 Å². The summed E-state index contributed by atoms with van der Waals surface area (Å²) in [6.45, 7) is 8.77. The second kappa shape index (κ2) is 8.87. The van der Waals surface area contributed by atoms with Crippen molar-refractivity contribution >= 4 is 23.2 Å². The minimum absolute atomic E-state index is 0.118. The average Bonchev–Trinajstić information content (AvgIpc) is 2.74. The fraction of sp³-hybridized carbons (Fsp3) is 0.500. The van der Waals surface area contributed by atoms with E-state index in [1.165, 1.54) is 11.1 Å². The summed E-state index contributed by atoms with van der Waals surface area (Å²) in [5.41, 5.74) is 10.5. The average molecular weight is 411 g/mol. The van der Waals surface area contributed by atoms with E-state index in [-0.39, 0.29) is 24.3 Å². The van der Waals surface area contributed by atoms with E-state index in [1.807, 2.05) is 4.90 Å². The Labute approximate surface area is 177 Å². The second-order valence-electron chi connectivity index (χ2n) is 7.92. The molecule has 3 N–H and O–H groups in total. The van der Waals surface area contributed by atoms with Crippen molar-refractivity contribution in [2.45, 2.75) is 46.2 Å². The van der Waals surface area contributed by atoms with E-state index < -0.39 is 0 Å². The molecular formula is C22H30N6O2. The summed E-state index contributed by atoms with van der Waals surface area (Å²) in [6, 6.07) is 6.88. The van der Waals surface area contributed by atoms with Crippen LogP contribution in [0.2, 0.25) is 0 Å². The Hall–Kier alpha value is -2.87. The molecule has 8 heteroatoms. The number of carbonyl (C=O) groups excluding carboxylic acids is 1. The van der Waals surface area contributed by atoms with Gasteiger partial charge in [0.2, 0.25) is 5.91 Å². The highest BCUT2D eigenvalue weighted by Crippen LogP contribution is 2.34. The fourth-order valence-electron chi connectivity index (χ4n) is 3.98. The molecule has 0 saturated carbocycles. The summed E-state index contributed by atoms with van der Waals surface area (Å²) in [6.07, 6.45) is 3.03. The second-order valence-corrected chi connectivity index (χ2v) is 7.92. The molecule has 0 aliphatic carbocycles. The van der Waals surface area contributed by atoms with Gasteiger partial charge in [0.05, 0.1) is 13.2 Å². The van der Waals surface area contributed by atoms with Crippen LogP contribution in [0.15, 0.2) is 18.2 Å². The number of benzene rings is 1. The summed E-state index contributed by atoms with van der Waals surface area (Å²) in [7, 11) is 0. The number of anilines is 3. The first-order chi connectivity index (χ1) is 14.6. The van der Waals surface area contributed by atoms with Crippen molar-refractivity contribution in [1.29, 1.82) is 0 Å². The van der Waals surface area contributed by atoms with E-state index in [1.54, 1.807) is 0 Å². The molecule has 1 amide bonds. The number of unbranched alkanes of at least 4 members (excludes halogenated alkanes) is 1. The van der Waals surface area contributed by atoms with E-state index in [0.29, 0.717) is 24.7 Å². The number of carbonyl (C=O) groups is 1. The first kappa shape index (κ1) is 20.4. The van der Waals surface area contributed by atoms with E-state index in [0.717, 1.165) is 44.5 Å². The number of aromatic nitrogens is 2. The zero-order valence-electron chi connectivity index (χ0n) is 17.8. The van der Waals surface area contributed by atoms with Crippen LogP contribution in [-0.2, 0) is 24.3 Å². The molecule has 0 unspecified atom stereocenters. The van der Waals surface area contributed by atoms with E-state index in [9.17, 15) is 4.79 Å². The molecule has 0 radical (unpaired) electrons. The van der Waals surface area contributed by atoms with Crippen LogP contribution in [0, 0.1) is 0 Å². The lowest BCUT2D eigenvalue weighted by atomic mass is 9.97. The van der Waals surface area contributed by atoms with Gasteiger partial charge >= 0.3 is 6.01 Å². The van der Waals surface area contributed by atoms with Crippen LogP contribution in [0.4, 0.5) is 17.3 Å². The minimum atomic E-state index is -0.118. The molecule has 4 rings (SSSR count). The van der Waals surface area contributed by atoms with Crippen molar-refractivity contribution in [3.63, 3.8) is 0 Å². The Morgan fingerprint density at radius 2 is 2.07 bits per heavy atom. The highest BCUT2D eigenvalue weighted by Gasteiger charge is 2.28. The van der Waals surface area contributed by atoms with E-state index >= 15 is 0 Å². The highest BCUT2D eigenvalue weighted by atomic mass is 16.5. The van der Waals surface area contributed by atoms with Gasteiger partial charge in [0.25, 0.3) is 0 Å². The zero-order valence-corrected chi connectivity index (χ0v) is 17.8.